The Morgan fingerprint density at radius 1 is 1.50 bits per heavy atom. The van der Waals surface area contributed by atoms with E-state index in [-0.39, 0.29) is 37.1 Å². The molecule has 1 aliphatic heterocycles. The molecule has 16 heavy (non-hydrogen) atoms. The first-order chi connectivity index (χ1) is 7.00. The summed E-state index contributed by atoms with van der Waals surface area (Å²) in [6, 6.07) is 0.175. The highest BCUT2D eigenvalue weighted by atomic mass is 35.5. The van der Waals surface area contributed by atoms with E-state index in [1.54, 1.807) is 0 Å². The number of carbonyl (C=O) groups is 1. The van der Waals surface area contributed by atoms with Gasteiger partial charge in [-0.25, -0.2) is 0 Å². The van der Waals surface area contributed by atoms with Gasteiger partial charge in [-0.3, -0.25) is 4.79 Å². The molecular weight excluding hydrogens is 228 g/mol. The molecule has 0 spiro atoms. The predicted molar refractivity (Wildman–Crippen MR) is 66.7 cm³/mol. The molecule has 1 aliphatic rings. The second kappa shape index (κ2) is 7.09. The van der Waals surface area contributed by atoms with Gasteiger partial charge in [0.05, 0.1) is 6.10 Å². The Morgan fingerprint density at radius 2 is 2.12 bits per heavy atom. The van der Waals surface area contributed by atoms with Crippen molar-refractivity contribution in [2.75, 3.05) is 19.7 Å². The summed E-state index contributed by atoms with van der Waals surface area (Å²) in [6.45, 7) is 7.68. The molecule has 0 saturated carbocycles. The number of amides is 1. The third-order valence-corrected chi connectivity index (χ3v) is 2.86. The van der Waals surface area contributed by atoms with E-state index in [1.807, 2.05) is 25.7 Å². The Labute approximate surface area is 104 Å². The molecule has 2 unspecified atom stereocenters. The fraction of sp³-hybridized carbons (Fsp3) is 0.909. The summed E-state index contributed by atoms with van der Waals surface area (Å²) in [5, 5.41) is 0. The number of rotatable bonds is 4. The monoisotopic (exact) mass is 250 g/mol. The molecule has 5 heteroatoms. The normalized spacial score (nSPS) is 22.1. The summed E-state index contributed by atoms with van der Waals surface area (Å²) in [6.07, 6.45) is 1.13. The molecule has 4 nitrogen and oxygen atoms in total. The van der Waals surface area contributed by atoms with Crippen LogP contribution in [0.4, 0.5) is 0 Å². The lowest BCUT2D eigenvalue weighted by Gasteiger charge is -2.18. The van der Waals surface area contributed by atoms with Crippen molar-refractivity contribution >= 4 is 18.3 Å². The zero-order chi connectivity index (χ0) is 11.4. The Kier molecular flexibility index (Phi) is 6.95. The van der Waals surface area contributed by atoms with Crippen molar-refractivity contribution in [3.05, 3.63) is 0 Å². The number of carbonyl (C=O) groups excluding carboxylic acids is 1. The molecule has 1 heterocycles. The SMILES string of the molecule is CC(C)OCC(=O)N1CCC(C(C)N)C1.Cl. The lowest BCUT2D eigenvalue weighted by Crippen LogP contribution is -2.35. The van der Waals surface area contributed by atoms with E-state index in [0.29, 0.717) is 5.92 Å². The molecular formula is C11H23ClN2O2. The highest BCUT2D eigenvalue weighted by molar-refractivity contribution is 5.85. The molecule has 1 fully saturated rings. The van der Waals surface area contributed by atoms with Crippen LogP contribution in [0.25, 0.3) is 0 Å². The Morgan fingerprint density at radius 3 is 2.56 bits per heavy atom. The molecule has 1 saturated heterocycles. The van der Waals surface area contributed by atoms with E-state index < -0.39 is 0 Å². The number of hydrogen-bond acceptors (Lipinski definition) is 3. The van der Waals surface area contributed by atoms with E-state index in [0.717, 1.165) is 19.5 Å². The van der Waals surface area contributed by atoms with Crippen LogP contribution in [0, 0.1) is 5.92 Å². The molecule has 96 valence electrons. The van der Waals surface area contributed by atoms with Gasteiger partial charge in [-0.1, -0.05) is 0 Å². The van der Waals surface area contributed by atoms with Crippen molar-refractivity contribution in [3.8, 4) is 0 Å². The van der Waals surface area contributed by atoms with Gasteiger partial charge in [-0.2, -0.15) is 0 Å². The van der Waals surface area contributed by atoms with Crippen LogP contribution >= 0.6 is 12.4 Å². The summed E-state index contributed by atoms with van der Waals surface area (Å²) in [5.74, 6) is 0.542. The molecule has 2 atom stereocenters. The first kappa shape index (κ1) is 15.7. The molecule has 0 aliphatic carbocycles. The standard InChI is InChI=1S/C11H22N2O2.ClH/c1-8(2)15-7-11(14)13-5-4-10(6-13)9(3)12;/h8-10H,4-7,12H2,1-3H3;1H. The number of halogens is 1. The summed E-state index contributed by atoms with van der Waals surface area (Å²) in [4.78, 5) is 13.5. The summed E-state index contributed by atoms with van der Waals surface area (Å²) < 4.78 is 5.29. The van der Waals surface area contributed by atoms with E-state index in [1.165, 1.54) is 0 Å². The number of nitrogens with zero attached hydrogens (tertiary/aromatic N) is 1. The van der Waals surface area contributed by atoms with Crippen LogP contribution < -0.4 is 5.73 Å². The van der Waals surface area contributed by atoms with Crippen molar-refractivity contribution < 1.29 is 9.53 Å². The highest BCUT2D eigenvalue weighted by Crippen LogP contribution is 2.18. The Hall–Kier alpha value is -0.320. The van der Waals surface area contributed by atoms with Gasteiger partial charge in [-0.05, 0) is 33.1 Å². The van der Waals surface area contributed by atoms with Crippen LogP contribution in [0.5, 0.6) is 0 Å². The third-order valence-electron chi connectivity index (χ3n) is 2.86. The second-order valence-corrected chi connectivity index (χ2v) is 4.61. The Balaban J connectivity index is 0.00000225. The van der Waals surface area contributed by atoms with Crippen LogP contribution in [-0.2, 0) is 9.53 Å². The van der Waals surface area contributed by atoms with Crippen molar-refractivity contribution in [1.29, 1.82) is 0 Å². The number of hydrogen-bond donors (Lipinski definition) is 1. The van der Waals surface area contributed by atoms with Gasteiger partial charge in [0.15, 0.2) is 0 Å². The van der Waals surface area contributed by atoms with Crippen molar-refractivity contribution in [3.63, 3.8) is 0 Å². The number of nitrogens with two attached hydrogens (primary N) is 1. The predicted octanol–water partition coefficient (Wildman–Crippen LogP) is 1.03. The quantitative estimate of drug-likeness (QED) is 0.811. The minimum absolute atomic E-state index is 0. The molecule has 0 aromatic heterocycles. The fourth-order valence-electron chi connectivity index (χ4n) is 1.77. The molecule has 0 bridgehead atoms. The molecule has 0 aromatic rings. The lowest BCUT2D eigenvalue weighted by atomic mass is 10.0. The highest BCUT2D eigenvalue weighted by Gasteiger charge is 2.28. The van der Waals surface area contributed by atoms with Crippen LogP contribution in [-0.4, -0.2) is 42.6 Å². The smallest absolute Gasteiger partial charge is 0.248 e. The topological polar surface area (TPSA) is 55.6 Å². The van der Waals surface area contributed by atoms with Gasteiger partial charge in [0.1, 0.15) is 6.61 Å². The Bertz CT molecular complexity index is 222. The van der Waals surface area contributed by atoms with E-state index >= 15 is 0 Å². The maximum Gasteiger partial charge on any atom is 0.248 e. The van der Waals surface area contributed by atoms with Gasteiger partial charge in [-0.15, -0.1) is 12.4 Å². The average molecular weight is 251 g/mol. The van der Waals surface area contributed by atoms with Crippen LogP contribution in [0.2, 0.25) is 0 Å². The van der Waals surface area contributed by atoms with Crippen LogP contribution in [0.1, 0.15) is 27.2 Å². The molecule has 0 aromatic carbocycles. The van der Waals surface area contributed by atoms with Gasteiger partial charge < -0.3 is 15.4 Å². The first-order valence-electron chi connectivity index (χ1n) is 5.65. The summed E-state index contributed by atoms with van der Waals surface area (Å²) >= 11 is 0. The van der Waals surface area contributed by atoms with Crippen LogP contribution in [0.15, 0.2) is 0 Å². The van der Waals surface area contributed by atoms with Crippen molar-refractivity contribution in [2.45, 2.75) is 39.3 Å². The molecule has 0 radical (unpaired) electrons. The number of likely N-dealkylation sites (tertiary alicyclic amines) is 1. The molecule has 1 rings (SSSR count). The minimum atomic E-state index is 0. The summed E-state index contributed by atoms with van der Waals surface area (Å²) in [5.41, 5.74) is 5.81. The zero-order valence-corrected chi connectivity index (χ0v) is 11.1. The van der Waals surface area contributed by atoms with Gasteiger partial charge in [0.2, 0.25) is 5.91 Å². The summed E-state index contributed by atoms with van der Waals surface area (Å²) in [7, 11) is 0. The van der Waals surface area contributed by atoms with Crippen molar-refractivity contribution in [2.24, 2.45) is 11.7 Å². The average Bonchev–Trinajstić information content (AvgIpc) is 2.62. The van der Waals surface area contributed by atoms with Gasteiger partial charge in [0.25, 0.3) is 0 Å². The maximum atomic E-state index is 11.7. The van der Waals surface area contributed by atoms with E-state index in [9.17, 15) is 4.79 Å². The maximum absolute atomic E-state index is 11.7. The lowest BCUT2D eigenvalue weighted by molar-refractivity contribution is -0.136. The fourth-order valence-corrected chi connectivity index (χ4v) is 1.77. The third kappa shape index (κ3) is 4.68. The molecule has 1 amide bonds. The largest absolute Gasteiger partial charge is 0.369 e. The minimum Gasteiger partial charge on any atom is -0.369 e. The first-order valence-corrected chi connectivity index (χ1v) is 5.65. The number of ether oxygens (including phenoxy) is 1. The van der Waals surface area contributed by atoms with E-state index in [4.69, 9.17) is 10.5 Å². The second-order valence-electron chi connectivity index (χ2n) is 4.61. The van der Waals surface area contributed by atoms with Crippen LogP contribution in [0.3, 0.4) is 0 Å². The van der Waals surface area contributed by atoms with E-state index in [2.05, 4.69) is 0 Å². The van der Waals surface area contributed by atoms with Gasteiger partial charge in [0, 0.05) is 19.1 Å². The van der Waals surface area contributed by atoms with Gasteiger partial charge >= 0.3 is 0 Å². The zero-order valence-electron chi connectivity index (χ0n) is 10.3. The molecule has 2 N–H and O–H groups in total. The van der Waals surface area contributed by atoms with Crippen molar-refractivity contribution in [1.82, 2.24) is 4.90 Å².